The highest BCUT2D eigenvalue weighted by Crippen LogP contribution is 2.27. The Hall–Kier alpha value is -4.05. The largest absolute Gasteiger partial charge is 0.497 e. The monoisotopic (exact) mass is 539 g/mol. The molecule has 0 saturated heterocycles. The predicted molar refractivity (Wildman–Crippen MR) is 146 cm³/mol. The first-order valence-electron chi connectivity index (χ1n) is 12.0. The Bertz CT molecular complexity index is 1340. The van der Waals surface area contributed by atoms with Crippen molar-refractivity contribution in [2.75, 3.05) is 32.1 Å². The molecule has 0 bridgehead atoms. The summed E-state index contributed by atoms with van der Waals surface area (Å²) in [5.41, 5.74) is 1.95. The maximum Gasteiger partial charge on any atom is 0.264 e. The Morgan fingerprint density at radius 2 is 1.39 bits per heavy atom. The van der Waals surface area contributed by atoms with Crippen LogP contribution in [-0.4, -0.2) is 59.0 Å². The fraction of sp³-hybridized carbons (Fsp3) is 0.286. The van der Waals surface area contributed by atoms with E-state index in [0.29, 0.717) is 11.5 Å². The van der Waals surface area contributed by atoms with Crippen LogP contribution in [0.3, 0.4) is 0 Å². The normalized spacial score (nSPS) is 11.8. The Kier molecular flexibility index (Phi) is 9.35. The lowest BCUT2D eigenvalue weighted by atomic mass is 10.1. The van der Waals surface area contributed by atoms with Crippen LogP contribution in [-0.2, 0) is 26.2 Å². The molecule has 0 aliphatic heterocycles. The van der Waals surface area contributed by atoms with E-state index in [4.69, 9.17) is 9.47 Å². The average molecular weight is 540 g/mol. The van der Waals surface area contributed by atoms with E-state index >= 15 is 0 Å². The first-order valence-corrected chi connectivity index (χ1v) is 13.4. The van der Waals surface area contributed by atoms with Crippen LogP contribution in [0, 0.1) is 6.92 Å². The van der Waals surface area contributed by atoms with Crippen molar-refractivity contribution in [3.8, 4) is 11.5 Å². The van der Waals surface area contributed by atoms with Gasteiger partial charge in [0.15, 0.2) is 0 Å². The highest BCUT2D eigenvalue weighted by molar-refractivity contribution is 7.92. The number of ether oxygens (including phenoxy) is 2. The fourth-order valence-electron chi connectivity index (χ4n) is 3.83. The van der Waals surface area contributed by atoms with Crippen molar-refractivity contribution in [1.82, 2.24) is 10.2 Å². The van der Waals surface area contributed by atoms with Crippen LogP contribution >= 0.6 is 0 Å². The standard InChI is InChI=1S/C28H33N3O6S/c1-20-6-16-26(17-7-20)38(34,35)31(23-10-14-25(37-5)15-11-23)19-27(32)30(21(2)28(33)29-3)18-22-8-12-24(36-4)13-9-22/h6-17,21H,18-19H2,1-5H3,(H,29,33)/t21-/m0/s1. The van der Waals surface area contributed by atoms with Gasteiger partial charge in [0.05, 0.1) is 24.8 Å². The topological polar surface area (TPSA) is 105 Å². The molecule has 9 nitrogen and oxygen atoms in total. The molecule has 0 radical (unpaired) electrons. The second-order valence-corrected chi connectivity index (χ2v) is 10.5. The Morgan fingerprint density at radius 3 is 1.89 bits per heavy atom. The van der Waals surface area contributed by atoms with Crippen molar-refractivity contribution in [2.45, 2.75) is 31.3 Å². The van der Waals surface area contributed by atoms with Crippen molar-refractivity contribution in [1.29, 1.82) is 0 Å². The average Bonchev–Trinajstić information content (AvgIpc) is 2.94. The second-order valence-electron chi connectivity index (χ2n) is 8.68. The molecule has 1 N–H and O–H groups in total. The van der Waals surface area contributed by atoms with Crippen LogP contribution in [0.15, 0.2) is 77.7 Å². The molecule has 0 saturated carbocycles. The number of rotatable bonds is 11. The van der Waals surface area contributed by atoms with E-state index < -0.39 is 28.5 Å². The number of anilines is 1. The van der Waals surface area contributed by atoms with E-state index in [1.807, 2.05) is 6.92 Å². The van der Waals surface area contributed by atoms with Gasteiger partial charge in [0.25, 0.3) is 10.0 Å². The molecule has 1 atom stereocenters. The van der Waals surface area contributed by atoms with Crippen molar-refractivity contribution < 1.29 is 27.5 Å². The predicted octanol–water partition coefficient (Wildman–Crippen LogP) is 3.37. The van der Waals surface area contributed by atoms with Crippen molar-refractivity contribution >= 4 is 27.5 Å². The summed E-state index contributed by atoms with van der Waals surface area (Å²) in [6, 6.07) is 19.1. The van der Waals surface area contributed by atoms with E-state index in [0.717, 1.165) is 15.4 Å². The number of methoxy groups -OCH3 is 2. The number of nitrogens with zero attached hydrogens (tertiary/aromatic N) is 2. The van der Waals surface area contributed by atoms with Crippen molar-refractivity contribution in [3.63, 3.8) is 0 Å². The van der Waals surface area contributed by atoms with Gasteiger partial charge >= 0.3 is 0 Å². The second kappa shape index (κ2) is 12.5. The first-order chi connectivity index (χ1) is 18.1. The third-order valence-corrected chi connectivity index (χ3v) is 7.96. The summed E-state index contributed by atoms with van der Waals surface area (Å²) in [4.78, 5) is 27.7. The fourth-order valence-corrected chi connectivity index (χ4v) is 5.25. The summed E-state index contributed by atoms with van der Waals surface area (Å²) < 4.78 is 39.0. The maximum atomic E-state index is 13.8. The summed E-state index contributed by atoms with van der Waals surface area (Å²) in [5, 5.41) is 2.56. The molecule has 0 aliphatic rings. The third kappa shape index (κ3) is 6.63. The quantitative estimate of drug-likeness (QED) is 0.401. The number of hydrogen-bond donors (Lipinski definition) is 1. The number of hydrogen-bond acceptors (Lipinski definition) is 6. The molecule has 0 aromatic heterocycles. The van der Waals surface area contributed by atoms with Gasteiger partial charge in [0.1, 0.15) is 24.1 Å². The van der Waals surface area contributed by atoms with Crippen LogP contribution in [0.2, 0.25) is 0 Å². The van der Waals surface area contributed by atoms with Gasteiger partial charge in [-0.2, -0.15) is 0 Å². The molecular weight excluding hydrogens is 506 g/mol. The van der Waals surface area contributed by atoms with Gasteiger partial charge in [-0.25, -0.2) is 8.42 Å². The number of sulfonamides is 1. The molecule has 38 heavy (non-hydrogen) atoms. The van der Waals surface area contributed by atoms with E-state index in [2.05, 4.69) is 5.32 Å². The van der Waals surface area contributed by atoms with Crippen LogP contribution < -0.4 is 19.1 Å². The van der Waals surface area contributed by atoms with Crippen LogP contribution in [0.1, 0.15) is 18.1 Å². The summed E-state index contributed by atoms with van der Waals surface area (Å²) >= 11 is 0. The van der Waals surface area contributed by atoms with Gasteiger partial charge in [0.2, 0.25) is 11.8 Å². The lowest BCUT2D eigenvalue weighted by Crippen LogP contribution is -2.50. The number of carbonyl (C=O) groups is 2. The van der Waals surface area contributed by atoms with Gasteiger partial charge < -0.3 is 19.7 Å². The maximum absolute atomic E-state index is 13.8. The number of aryl methyl sites for hydroxylation is 1. The van der Waals surface area contributed by atoms with E-state index in [-0.39, 0.29) is 23.0 Å². The van der Waals surface area contributed by atoms with Gasteiger partial charge in [-0.05, 0) is 67.9 Å². The third-order valence-electron chi connectivity index (χ3n) is 6.17. The Morgan fingerprint density at radius 1 is 0.868 bits per heavy atom. The molecule has 0 spiro atoms. The SMILES string of the molecule is CNC(=O)[C@H](C)N(Cc1ccc(OC)cc1)C(=O)CN(c1ccc(OC)cc1)S(=O)(=O)c1ccc(C)cc1. The van der Waals surface area contributed by atoms with Crippen LogP contribution in [0.4, 0.5) is 5.69 Å². The van der Waals surface area contributed by atoms with Crippen molar-refractivity contribution in [3.05, 3.63) is 83.9 Å². The van der Waals surface area contributed by atoms with E-state index in [1.165, 1.54) is 31.2 Å². The molecule has 0 unspecified atom stereocenters. The zero-order valence-corrected chi connectivity index (χ0v) is 23.0. The minimum absolute atomic E-state index is 0.0489. The molecule has 0 fully saturated rings. The van der Waals surface area contributed by atoms with Gasteiger partial charge in [0, 0.05) is 13.6 Å². The molecule has 3 aromatic rings. The minimum atomic E-state index is -4.12. The summed E-state index contributed by atoms with van der Waals surface area (Å²) in [6.45, 7) is 3.04. The Labute approximate surface area is 224 Å². The molecule has 10 heteroatoms. The number of nitrogens with one attached hydrogen (secondary N) is 1. The highest BCUT2D eigenvalue weighted by Gasteiger charge is 2.32. The van der Waals surface area contributed by atoms with Gasteiger partial charge in [-0.15, -0.1) is 0 Å². The number of likely N-dealkylation sites (N-methyl/N-ethyl adjacent to an activating group) is 1. The zero-order valence-electron chi connectivity index (χ0n) is 22.2. The molecular formula is C28H33N3O6S. The summed E-state index contributed by atoms with van der Waals surface area (Å²) in [5.74, 6) is 0.288. The van der Waals surface area contributed by atoms with E-state index in [1.54, 1.807) is 74.7 Å². The lowest BCUT2D eigenvalue weighted by molar-refractivity contribution is -0.139. The summed E-state index contributed by atoms with van der Waals surface area (Å²) in [7, 11) is 0.429. The lowest BCUT2D eigenvalue weighted by Gasteiger charge is -2.31. The molecule has 202 valence electrons. The molecule has 3 rings (SSSR count). The number of amides is 2. The van der Waals surface area contributed by atoms with E-state index in [9.17, 15) is 18.0 Å². The highest BCUT2D eigenvalue weighted by atomic mass is 32.2. The Balaban J connectivity index is 2.01. The van der Waals surface area contributed by atoms with Gasteiger partial charge in [-0.3, -0.25) is 13.9 Å². The molecule has 0 aliphatic carbocycles. The van der Waals surface area contributed by atoms with Crippen LogP contribution in [0.5, 0.6) is 11.5 Å². The van der Waals surface area contributed by atoms with Crippen LogP contribution in [0.25, 0.3) is 0 Å². The smallest absolute Gasteiger partial charge is 0.264 e. The number of benzene rings is 3. The zero-order chi connectivity index (χ0) is 27.9. The number of carbonyl (C=O) groups excluding carboxylic acids is 2. The molecule has 2 amide bonds. The summed E-state index contributed by atoms with van der Waals surface area (Å²) in [6.07, 6.45) is 0. The molecule has 3 aromatic carbocycles. The van der Waals surface area contributed by atoms with Crippen molar-refractivity contribution in [2.24, 2.45) is 0 Å². The minimum Gasteiger partial charge on any atom is -0.497 e. The molecule has 0 heterocycles. The van der Waals surface area contributed by atoms with Gasteiger partial charge in [-0.1, -0.05) is 29.8 Å². The first kappa shape index (κ1) is 28.5.